The molecule has 0 radical (unpaired) electrons. The molecule has 1 fully saturated rings. The molecule has 7 heteroatoms. The predicted octanol–water partition coefficient (Wildman–Crippen LogP) is 4.12. The largest absolute Gasteiger partial charge is 0.491 e. The number of anilines is 2. The zero-order chi connectivity index (χ0) is 26.2. The zero-order valence-electron chi connectivity index (χ0n) is 21.4. The summed E-state index contributed by atoms with van der Waals surface area (Å²) in [5.74, 6) is 0.593. The van der Waals surface area contributed by atoms with E-state index in [0.717, 1.165) is 22.7 Å². The number of carbonyl (C=O) groups is 2. The molecule has 0 saturated carbocycles. The van der Waals surface area contributed by atoms with Crippen molar-refractivity contribution in [2.24, 2.45) is 0 Å². The number of benzene rings is 3. The van der Waals surface area contributed by atoms with Crippen molar-refractivity contribution in [3.8, 4) is 5.75 Å². The van der Waals surface area contributed by atoms with Gasteiger partial charge in [-0.05, 0) is 42.3 Å². The minimum atomic E-state index is -1.07. The monoisotopic (exact) mass is 511 g/mol. The maximum Gasteiger partial charge on any atom is 0.254 e. The van der Waals surface area contributed by atoms with Gasteiger partial charge in [-0.15, -0.1) is 0 Å². The minimum Gasteiger partial charge on any atom is -0.491 e. The Hall–Kier alpha value is -3.94. The molecule has 0 aromatic heterocycles. The van der Waals surface area contributed by atoms with E-state index in [9.17, 15) is 9.59 Å². The van der Waals surface area contributed by atoms with Crippen LogP contribution in [0, 0.1) is 0 Å². The Labute approximate surface area is 223 Å². The minimum absolute atomic E-state index is 0.0615. The first kappa shape index (κ1) is 25.7. The van der Waals surface area contributed by atoms with E-state index in [2.05, 4.69) is 17.5 Å². The molecule has 2 amide bonds. The van der Waals surface area contributed by atoms with E-state index in [1.807, 2.05) is 89.8 Å². The molecule has 7 nitrogen and oxygen atoms in total. The highest BCUT2D eigenvalue weighted by molar-refractivity contribution is 6.01. The molecule has 1 N–H and O–H groups in total. The van der Waals surface area contributed by atoms with Crippen molar-refractivity contribution in [3.05, 3.63) is 103 Å². The summed E-state index contributed by atoms with van der Waals surface area (Å²) in [6, 6.07) is 27.2. The molecule has 0 aliphatic carbocycles. The Balaban J connectivity index is 1.34. The highest BCUT2D eigenvalue weighted by Gasteiger charge is 2.43. The molecule has 1 atom stereocenters. The van der Waals surface area contributed by atoms with E-state index in [-0.39, 0.29) is 18.4 Å². The molecule has 0 bridgehead atoms. The van der Waals surface area contributed by atoms with Crippen molar-refractivity contribution < 1.29 is 19.1 Å². The van der Waals surface area contributed by atoms with Gasteiger partial charge >= 0.3 is 0 Å². The van der Waals surface area contributed by atoms with Crippen molar-refractivity contribution in [2.75, 3.05) is 44.3 Å². The summed E-state index contributed by atoms with van der Waals surface area (Å²) in [4.78, 5) is 30.9. The first-order chi connectivity index (χ1) is 18.6. The van der Waals surface area contributed by atoms with Crippen molar-refractivity contribution in [1.29, 1.82) is 0 Å². The molecule has 5 rings (SSSR count). The van der Waals surface area contributed by atoms with Gasteiger partial charge in [0.25, 0.3) is 5.91 Å². The summed E-state index contributed by atoms with van der Waals surface area (Å²) in [7, 11) is 0. The number of ether oxygens (including phenoxy) is 2. The van der Waals surface area contributed by atoms with Gasteiger partial charge in [0, 0.05) is 30.9 Å². The van der Waals surface area contributed by atoms with E-state index in [4.69, 9.17) is 9.47 Å². The number of carbonyl (C=O) groups excluding carboxylic acids is 2. The number of nitrogens with one attached hydrogen (secondary N) is 1. The number of hydrogen-bond donors (Lipinski definition) is 1. The van der Waals surface area contributed by atoms with Crippen LogP contribution in [-0.2, 0) is 20.7 Å². The van der Waals surface area contributed by atoms with Crippen LogP contribution in [0.15, 0.2) is 97.1 Å². The second-order valence-electron chi connectivity index (χ2n) is 9.55. The van der Waals surface area contributed by atoms with Crippen LogP contribution >= 0.6 is 0 Å². The third-order valence-electron chi connectivity index (χ3n) is 6.89. The van der Waals surface area contributed by atoms with Gasteiger partial charge in [-0.2, -0.15) is 0 Å². The summed E-state index contributed by atoms with van der Waals surface area (Å²) in [6.45, 7) is 2.17. The number of nitrogens with zero attached hydrogens (tertiary/aromatic N) is 2. The number of rotatable bonds is 4. The molecular weight excluding hydrogens is 478 g/mol. The number of amides is 2. The molecule has 1 saturated heterocycles. The SMILES string of the molecule is O=C(CN1CCOC2(C/C=C/Cc3ccccc3OCCNC2=O)C1)N(c1ccccc1)c1ccccc1. The first-order valence-electron chi connectivity index (χ1n) is 13.1. The average molecular weight is 512 g/mol. The van der Waals surface area contributed by atoms with Gasteiger partial charge in [-0.25, -0.2) is 0 Å². The lowest BCUT2D eigenvalue weighted by molar-refractivity contribution is -0.160. The van der Waals surface area contributed by atoms with Gasteiger partial charge in [0.2, 0.25) is 5.91 Å². The lowest BCUT2D eigenvalue weighted by Gasteiger charge is -2.41. The third-order valence-corrected chi connectivity index (χ3v) is 6.89. The molecule has 2 aliphatic rings. The van der Waals surface area contributed by atoms with Gasteiger partial charge in [-0.1, -0.05) is 66.7 Å². The quantitative estimate of drug-likeness (QED) is 0.534. The molecule has 3 aromatic rings. The van der Waals surface area contributed by atoms with Crippen molar-refractivity contribution in [3.63, 3.8) is 0 Å². The van der Waals surface area contributed by atoms with Gasteiger partial charge in [0.1, 0.15) is 12.4 Å². The fraction of sp³-hybridized carbons (Fsp3) is 0.290. The van der Waals surface area contributed by atoms with E-state index in [1.165, 1.54) is 0 Å². The Morgan fingerprint density at radius 1 is 0.895 bits per heavy atom. The van der Waals surface area contributed by atoms with Crippen molar-refractivity contribution in [1.82, 2.24) is 10.2 Å². The van der Waals surface area contributed by atoms with Crippen LogP contribution in [0.2, 0.25) is 0 Å². The molecule has 2 aliphatic heterocycles. The smallest absolute Gasteiger partial charge is 0.254 e. The first-order valence-corrected chi connectivity index (χ1v) is 13.1. The summed E-state index contributed by atoms with van der Waals surface area (Å²) in [5.41, 5.74) is 1.64. The number of hydrogen-bond acceptors (Lipinski definition) is 5. The van der Waals surface area contributed by atoms with E-state index >= 15 is 0 Å². The Bertz CT molecular complexity index is 1220. The molecule has 1 unspecified atom stereocenters. The maximum atomic E-state index is 13.7. The fourth-order valence-electron chi connectivity index (χ4n) is 4.98. The second kappa shape index (κ2) is 12.1. The Kier molecular flexibility index (Phi) is 8.16. The fourth-order valence-corrected chi connectivity index (χ4v) is 4.98. The lowest BCUT2D eigenvalue weighted by Crippen LogP contribution is -2.61. The van der Waals surface area contributed by atoms with Crippen LogP contribution < -0.4 is 15.0 Å². The van der Waals surface area contributed by atoms with Crippen LogP contribution in [-0.4, -0.2) is 61.7 Å². The second-order valence-corrected chi connectivity index (χ2v) is 9.55. The number of morpholine rings is 1. The summed E-state index contributed by atoms with van der Waals surface area (Å²) >= 11 is 0. The zero-order valence-corrected chi connectivity index (χ0v) is 21.4. The average Bonchev–Trinajstić information content (AvgIpc) is 2.95. The molecule has 38 heavy (non-hydrogen) atoms. The number of allylic oxidation sites excluding steroid dienone is 1. The van der Waals surface area contributed by atoms with Crippen LogP contribution in [0.25, 0.3) is 0 Å². The van der Waals surface area contributed by atoms with Crippen LogP contribution in [0.1, 0.15) is 12.0 Å². The van der Waals surface area contributed by atoms with Crippen LogP contribution in [0.5, 0.6) is 5.75 Å². The van der Waals surface area contributed by atoms with E-state index in [1.54, 1.807) is 4.90 Å². The normalized spacial score (nSPS) is 21.2. The lowest BCUT2D eigenvalue weighted by atomic mass is 9.94. The topological polar surface area (TPSA) is 71.1 Å². The molecule has 3 aromatic carbocycles. The van der Waals surface area contributed by atoms with Crippen molar-refractivity contribution in [2.45, 2.75) is 18.4 Å². The van der Waals surface area contributed by atoms with Gasteiger partial charge in [-0.3, -0.25) is 19.4 Å². The van der Waals surface area contributed by atoms with Crippen molar-refractivity contribution >= 4 is 23.2 Å². The maximum absolute atomic E-state index is 13.7. The van der Waals surface area contributed by atoms with Crippen LogP contribution in [0.4, 0.5) is 11.4 Å². The summed E-state index contributed by atoms with van der Waals surface area (Å²) < 4.78 is 12.1. The predicted molar refractivity (Wildman–Crippen MR) is 148 cm³/mol. The van der Waals surface area contributed by atoms with Crippen LogP contribution in [0.3, 0.4) is 0 Å². The third kappa shape index (κ3) is 5.96. The number of fused-ring (bicyclic) bond motifs is 1. The number of para-hydroxylation sites is 3. The Morgan fingerprint density at radius 3 is 2.32 bits per heavy atom. The highest BCUT2D eigenvalue weighted by Crippen LogP contribution is 2.28. The highest BCUT2D eigenvalue weighted by atomic mass is 16.5. The van der Waals surface area contributed by atoms with Gasteiger partial charge in [0.15, 0.2) is 5.60 Å². The Morgan fingerprint density at radius 2 is 1.58 bits per heavy atom. The molecule has 2 heterocycles. The summed E-state index contributed by atoms with van der Waals surface area (Å²) in [5, 5.41) is 3.00. The molecule has 196 valence electrons. The van der Waals surface area contributed by atoms with Gasteiger partial charge in [0.05, 0.1) is 19.7 Å². The van der Waals surface area contributed by atoms with Gasteiger partial charge < -0.3 is 14.8 Å². The van der Waals surface area contributed by atoms with E-state index < -0.39 is 5.60 Å². The summed E-state index contributed by atoms with van der Waals surface area (Å²) in [6.07, 6.45) is 5.19. The standard InChI is InChI=1S/C31H33N3O4/c35-29(34(26-13-3-1-4-14-26)27-15-5-2-6-16-27)23-33-20-22-38-31(24-33)18-10-9-12-25-11-7-8-17-28(25)37-21-19-32-30(31)36/h1-11,13-17H,12,18-24H2,(H,32,36)/b10-9+. The molecular formula is C31H33N3O4. The molecule has 1 spiro atoms. The van der Waals surface area contributed by atoms with E-state index in [0.29, 0.717) is 45.7 Å².